The Morgan fingerprint density at radius 3 is 2.17 bits per heavy atom. The Kier molecular flexibility index (Phi) is 3.18. The highest BCUT2D eigenvalue weighted by Gasteiger charge is 2.03. The van der Waals surface area contributed by atoms with Gasteiger partial charge in [-0.05, 0) is 31.5 Å². The molecule has 18 heavy (non-hydrogen) atoms. The molecule has 3 N–H and O–H groups in total. The van der Waals surface area contributed by atoms with Crippen molar-refractivity contribution in [1.29, 1.82) is 0 Å². The summed E-state index contributed by atoms with van der Waals surface area (Å²) >= 11 is 0. The van der Waals surface area contributed by atoms with Crippen molar-refractivity contribution in [2.75, 3.05) is 5.32 Å². The number of urea groups is 1. The van der Waals surface area contributed by atoms with Gasteiger partial charge in [-0.2, -0.15) is 0 Å². The lowest BCUT2D eigenvalue weighted by molar-refractivity contribution is 0.259. The van der Waals surface area contributed by atoms with Crippen molar-refractivity contribution < 1.29 is 4.79 Å². The fourth-order valence-corrected chi connectivity index (χ4v) is 1.65. The van der Waals surface area contributed by atoms with E-state index in [9.17, 15) is 4.79 Å². The van der Waals surface area contributed by atoms with Gasteiger partial charge in [-0.15, -0.1) is 0 Å². The molecule has 0 spiro atoms. The molecule has 0 bridgehead atoms. The van der Waals surface area contributed by atoms with Crippen LogP contribution in [-0.2, 0) is 0 Å². The number of carbonyl (C=O) groups is 1. The standard InChI is InChI=1S/C12H13N5O/c1-7-3-9(4-8(2)16-7)10-5-14-12(15-6-10)17-11(13)18/h3-6H,1-2H3,(H3,13,14,15,17,18). The molecule has 0 atom stereocenters. The predicted molar refractivity (Wildman–Crippen MR) is 67.9 cm³/mol. The summed E-state index contributed by atoms with van der Waals surface area (Å²) in [6.45, 7) is 3.86. The van der Waals surface area contributed by atoms with Crippen LogP contribution in [0.15, 0.2) is 24.5 Å². The highest BCUT2D eigenvalue weighted by Crippen LogP contribution is 2.19. The molecule has 0 saturated heterocycles. The van der Waals surface area contributed by atoms with E-state index >= 15 is 0 Å². The maximum absolute atomic E-state index is 10.6. The minimum Gasteiger partial charge on any atom is -0.351 e. The van der Waals surface area contributed by atoms with Crippen LogP contribution in [0.1, 0.15) is 11.4 Å². The highest BCUT2D eigenvalue weighted by atomic mass is 16.2. The normalized spacial score (nSPS) is 10.1. The largest absolute Gasteiger partial charge is 0.351 e. The average molecular weight is 243 g/mol. The van der Waals surface area contributed by atoms with Crippen molar-refractivity contribution in [3.8, 4) is 11.1 Å². The van der Waals surface area contributed by atoms with Crippen LogP contribution < -0.4 is 11.1 Å². The van der Waals surface area contributed by atoms with Crippen LogP contribution in [0.4, 0.5) is 10.7 Å². The summed E-state index contributed by atoms with van der Waals surface area (Å²) < 4.78 is 0. The molecule has 6 heteroatoms. The zero-order valence-electron chi connectivity index (χ0n) is 10.1. The number of primary amides is 1. The number of pyridine rings is 1. The maximum atomic E-state index is 10.6. The fourth-order valence-electron chi connectivity index (χ4n) is 1.65. The van der Waals surface area contributed by atoms with Crippen molar-refractivity contribution in [1.82, 2.24) is 15.0 Å². The summed E-state index contributed by atoms with van der Waals surface area (Å²) in [4.78, 5) is 23.0. The van der Waals surface area contributed by atoms with E-state index < -0.39 is 6.03 Å². The van der Waals surface area contributed by atoms with E-state index in [0.717, 1.165) is 22.5 Å². The van der Waals surface area contributed by atoms with E-state index in [1.54, 1.807) is 12.4 Å². The minimum atomic E-state index is -0.682. The van der Waals surface area contributed by atoms with Gasteiger partial charge in [0.2, 0.25) is 5.95 Å². The summed E-state index contributed by atoms with van der Waals surface area (Å²) in [6.07, 6.45) is 3.26. The summed E-state index contributed by atoms with van der Waals surface area (Å²) in [5.41, 5.74) is 8.70. The second-order valence-corrected chi connectivity index (χ2v) is 3.92. The molecule has 0 aliphatic carbocycles. The maximum Gasteiger partial charge on any atom is 0.319 e. The first-order valence-corrected chi connectivity index (χ1v) is 5.39. The number of amides is 2. The zero-order chi connectivity index (χ0) is 13.1. The van der Waals surface area contributed by atoms with Crippen molar-refractivity contribution in [3.63, 3.8) is 0 Å². The molecule has 0 aliphatic rings. The quantitative estimate of drug-likeness (QED) is 0.838. The number of nitrogens with one attached hydrogen (secondary N) is 1. The van der Waals surface area contributed by atoms with Gasteiger partial charge >= 0.3 is 6.03 Å². The van der Waals surface area contributed by atoms with Crippen molar-refractivity contribution >= 4 is 12.0 Å². The van der Waals surface area contributed by atoms with Gasteiger partial charge in [-0.3, -0.25) is 10.3 Å². The number of hydrogen-bond donors (Lipinski definition) is 2. The van der Waals surface area contributed by atoms with Gasteiger partial charge in [-0.1, -0.05) is 0 Å². The first kappa shape index (κ1) is 12.0. The molecule has 0 aromatic carbocycles. The predicted octanol–water partition coefficient (Wildman–Crippen LogP) is 1.65. The van der Waals surface area contributed by atoms with Gasteiger partial charge in [0, 0.05) is 29.3 Å². The Morgan fingerprint density at radius 2 is 1.67 bits per heavy atom. The summed E-state index contributed by atoms with van der Waals surface area (Å²) in [5.74, 6) is 0.189. The van der Waals surface area contributed by atoms with Crippen LogP contribution in [0.2, 0.25) is 0 Å². The van der Waals surface area contributed by atoms with E-state index in [1.165, 1.54) is 0 Å². The molecule has 0 unspecified atom stereocenters. The fraction of sp³-hybridized carbons (Fsp3) is 0.167. The molecule has 2 amide bonds. The van der Waals surface area contributed by atoms with Gasteiger partial charge in [0.15, 0.2) is 0 Å². The van der Waals surface area contributed by atoms with E-state index in [2.05, 4.69) is 20.3 Å². The summed E-state index contributed by atoms with van der Waals surface area (Å²) in [5, 5.41) is 2.31. The SMILES string of the molecule is Cc1cc(-c2cnc(NC(N)=O)nc2)cc(C)n1. The number of anilines is 1. The van der Waals surface area contributed by atoms with Crippen LogP contribution in [0.25, 0.3) is 11.1 Å². The summed E-state index contributed by atoms with van der Waals surface area (Å²) in [6, 6.07) is 3.22. The molecule has 0 aliphatic heterocycles. The lowest BCUT2D eigenvalue weighted by atomic mass is 10.1. The Bertz CT molecular complexity index is 559. The zero-order valence-corrected chi connectivity index (χ0v) is 10.1. The highest BCUT2D eigenvalue weighted by molar-refractivity contribution is 5.85. The van der Waals surface area contributed by atoms with E-state index in [1.807, 2.05) is 26.0 Å². The van der Waals surface area contributed by atoms with Crippen molar-refractivity contribution in [3.05, 3.63) is 35.9 Å². The van der Waals surface area contributed by atoms with Crippen LogP contribution >= 0.6 is 0 Å². The van der Waals surface area contributed by atoms with E-state index in [4.69, 9.17) is 5.73 Å². The third kappa shape index (κ3) is 2.79. The number of aromatic nitrogens is 3. The molecule has 2 aromatic heterocycles. The topological polar surface area (TPSA) is 93.8 Å². The molecule has 6 nitrogen and oxygen atoms in total. The van der Waals surface area contributed by atoms with Crippen LogP contribution in [0.5, 0.6) is 0 Å². The van der Waals surface area contributed by atoms with Gasteiger partial charge in [0.1, 0.15) is 0 Å². The van der Waals surface area contributed by atoms with Gasteiger partial charge < -0.3 is 5.73 Å². The van der Waals surface area contributed by atoms with Crippen LogP contribution in [-0.4, -0.2) is 21.0 Å². The Hall–Kier alpha value is -2.50. The van der Waals surface area contributed by atoms with Gasteiger partial charge in [0.05, 0.1) is 0 Å². The van der Waals surface area contributed by atoms with Gasteiger partial charge in [-0.25, -0.2) is 14.8 Å². The molecule has 2 rings (SSSR count). The van der Waals surface area contributed by atoms with Crippen molar-refractivity contribution in [2.24, 2.45) is 5.73 Å². The molecule has 0 fully saturated rings. The van der Waals surface area contributed by atoms with Gasteiger partial charge in [0.25, 0.3) is 0 Å². The third-order valence-corrected chi connectivity index (χ3v) is 2.30. The molecule has 2 aromatic rings. The second kappa shape index (κ2) is 4.79. The van der Waals surface area contributed by atoms with E-state index in [-0.39, 0.29) is 5.95 Å². The van der Waals surface area contributed by atoms with Crippen LogP contribution in [0, 0.1) is 13.8 Å². The molecule has 2 heterocycles. The average Bonchev–Trinajstić information content (AvgIpc) is 2.27. The molecular formula is C12H13N5O. The Labute approximate surface area is 104 Å². The molecule has 0 saturated carbocycles. The lowest BCUT2D eigenvalue weighted by Gasteiger charge is -2.05. The number of rotatable bonds is 2. The lowest BCUT2D eigenvalue weighted by Crippen LogP contribution is -2.20. The second-order valence-electron chi connectivity index (χ2n) is 3.92. The number of carbonyl (C=O) groups excluding carboxylic acids is 1. The molecule has 0 radical (unpaired) electrons. The monoisotopic (exact) mass is 243 g/mol. The number of aryl methyl sites for hydroxylation is 2. The number of hydrogen-bond acceptors (Lipinski definition) is 4. The minimum absolute atomic E-state index is 0.189. The third-order valence-electron chi connectivity index (χ3n) is 2.30. The summed E-state index contributed by atoms with van der Waals surface area (Å²) in [7, 11) is 0. The molecular weight excluding hydrogens is 230 g/mol. The first-order chi connectivity index (χ1) is 8.54. The van der Waals surface area contributed by atoms with E-state index in [0.29, 0.717) is 0 Å². The number of nitrogens with zero attached hydrogens (tertiary/aromatic N) is 3. The molecule has 92 valence electrons. The Balaban J connectivity index is 2.31. The number of nitrogens with two attached hydrogens (primary N) is 1. The smallest absolute Gasteiger partial charge is 0.319 e. The Morgan fingerprint density at radius 1 is 1.11 bits per heavy atom. The first-order valence-electron chi connectivity index (χ1n) is 5.39. The van der Waals surface area contributed by atoms with Crippen molar-refractivity contribution in [2.45, 2.75) is 13.8 Å². The van der Waals surface area contributed by atoms with Crippen LogP contribution in [0.3, 0.4) is 0 Å².